The summed E-state index contributed by atoms with van der Waals surface area (Å²) in [5.41, 5.74) is 0.335. The molecule has 3 nitrogen and oxygen atoms in total. The molecular weight excluding hydrogens is 180 g/mol. The molecule has 2 N–H and O–H groups in total. The van der Waals surface area contributed by atoms with Crippen molar-refractivity contribution in [2.45, 2.75) is 44.6 Å². The summed E-state index contributed by atoms with van der Waals surface area (Å²) in [5.74, 6) is -0.767. The number of rotatable bonds is 2. The zero-order chi connectivity index (χ0) is 10.6. The fraction of sp³-hybridized carbons (Fsp3) is 0.727. The minimum Gasteiger partial charge on any atom is -0.478 e. The molecule has 1 aliphatic carbocycles. The highest BCUT2D eigenvalue weighted by Crippen LogP contribution is 2.27. The first kappa shape index (κ1) is 11.2. The van der Waals surface area contributed by atoms with Gasteiger partial charge in [0.15, 0.2) is 0 Å². The summed E-state index contributed by atoms with van der Waals surface area (Å²) >= 11 is 0. The van der Waals surface area contributed by atoms with Crippen LogP contribution in [0.2, 0.25) is 0 Å². The Kier molecular flexibility index (Phi) is 4.14. The molecule has 14 heavy (non-hydrogen) atoms. The second-order valence-electron chi connectivity index (χ2n) is 4.04. The lowest BCUT2D eigenvalue weighted by molar-refractivity contribution is -0.133. The Morgan fingerprint density at radius 3 is 2.07 bits per heavy atom. The largest absolute Gasteiger partial charge is 0.478 e. The molecule has 0 amide bonds. The number of carbonyl (C=O) groups is 1. The zero-order valence-electron chi connectivity index (χ0n) is 8.41. The van der Waals surface area contributed by atoms with Crippen molar-refractivity contribution in [3.63, 3.8) is 0 Å². The van der Waals surface area contributed by atoms with Crippen molar-refractivity contribution < 1.29 is 15.0 Å². The number of aliphatic hydroxyl groups excluding tert-OH is 1. The van der Waals surface area contributed by atoms with Gasteiger partial charge in [0.1, 0.15) is 0 Å². The Balaban J connectivity index is 2.46. The van der Waals surface area contributed by atoms with Crippen LogP contribution in [0.4, 0.5) is 0 Å². The first-order valence-electron chi connectivity index (χ1n) is 5.21. The predicted molar refractivity (Wildman–Crippen MR) is 54.0 cm³/mol. The van der Waals surface area contributed by atoms with E-state index in [1.807, 2.05) is 0 Å². The monoisotopic (exact) mass is 198 g/mol. The van der Waals surface area contributed by atoms with Gasteiger partial charge in [-0.25, -0.2) is 4.79 Å². The van der Waals surface area contributed by atoms with Crippen LogP contribution in [0.25, 0.3) is 0 Å². The first-order chi connectivity index (χ1) is 6.61. The fourth-order valence-corrected chi connectivity index (χ4v) is 2.01. The summed E-state index contributed by atoms with van der Waals surface area (Å²) in [6, 6.07) is 0. The second-order valence-corrected chi connectivity index (χ2v) is 4.04. The van der Waals surface area contributed by atoms with Gasteiger partial charge in [0.05, 0.1) is 6.10 Å². The maximum Gasteiger partial charge on any atom is 0.331 e. The third-order valence-electron chi connectivity index (χ3n) is 2.95. The Labute approximate surface area is 84.4 Å². The molecule has 80 valence electrons. The van der Waals surface area contributed by atoms with E-state index in [9.17, 15) is 9.90 Å². The van der Waals surface area contributed by atoms with Crippen LogP contribution in [0.3, 0.4) is 0 Å². The minimum atomic E-state index is -0.879. The highest BCUT2D eigenvalue weighted by atomic mass is 16.4. The lowest BCUT2D eigenvalue weighted by atomic mass is 9.85. The molecule has 0 aromatic carbocycles. The highest BCUT2D eigenvalue weighted by Gasteiger charge is 2.20. The predicted octanol–water partition coefficient (Wildman–Crippen LogP) is 1.96. The van der Waals surface area contributed by atoms with E-state index in [-0.39, 0.29) is 12.0 Å². The smallest absolute Gasteiger partial charge is 0.331 e. The molecule has 1 saturated carbocycles. The van der Waals surface area contributed by atoms with E-state index >= 15 is 0 Å². The number of carboxylic acid groups (broad SMARTS) is 1. The average Bonchev–Trinajstić information content (AvgIpc) is 2.10. The van der Waals surface area contributed by atoms with Gasteiger partial charge in [-0.2, -0.15) is 0 Å². The normalized spacial score (nSPS) is 28.9. The third kappa shape index (κ3) is 3.14. The summed E-state index contributed by atoms with van der Waals surface area (Å²) in [6.45, 7) is 3.61. The van der Waals surface area contributed by atoms with E-state index < -0.39 is 5.97 Å². The highest BCUT2D eigenvalue weighted by molar-refractivity contribution is 5.86. The van der Waals surface area contributed by atoms with Gasteiger partial charge in [0.2, 0.25) is 0 Å². The van der Waals surface area contributed by atoms with Crippen molar-refractivity contribution >= 4 is 5.97 Å². The Hall–Kier alpha value is -0.830. The number of hydrogen-bond acceptors (Lipinski definition) is 2. The van der Waals surface area contributed by atoms with E-state index in [0.29, 0.717) is 5.57 Å². The van der Waals surface area contributed by atoms with Gasteiger partial charge in [-0.1, -0.05) is 19.4 Å². The lowest BCUT2D eigenvalue weighted by Crippen LogP contribution is -2.17. The van der Waals surface area contributed by atoms with Gasteiger partial charge >= 0.3 is 5.97 Å². The molecule has 0 radical (unpaired) electrons. The molecule has 0 heterocycles. The Morgan fingerprint density at radius 2 is 1.64 bits per heavy atom. The molecule has 0 unspecified atom stereocenters. The molecular formula is C11H18O3. The van der Waals surface area contributed by atoms with Crippen molar-refractivity contribution in [3.05, 3.63) is 12.2 Å². The Morgan fingerprint density at radius 1 is 1.14 bits per heavy atom. The standard InChI is InChI=1S/C11H18O3/c1-8(11(13)14)9-4-2-6-10(12)7-3-5-9/h9-10,12H,1-7H2,(H,13,14). The number of hydrogen-bond donors (Lipinski definition) is 2. The molecule has 0 spiro atoms. The van der Waals surface area contributed by atoms with Gasteiger partial charge in [-0.15, -0.1) is 0 Å². The van der Waals surface area contributed by atoms with E-state index in [4.69, 9.17) is 5.11 Å². The fourth-order valence-electron chi connectivity index (χ4n) is 2.01. The van der Waals surface area contributed by atoms with Crippen molar-refractivity contribution in [2.75, 3.05) is 0 Å². The van der Waals surface area contributed by atoms with Gasteiger partial charge in [-0.3, -0.25) is 0 Å². The van der Waals surface area contributed by atoms with Crippen molar-refractivity contribution in [3.8, 4) is 0 Å². The molecule has 0 aromatic heterocycles. The van der Waals surface area contributed by atoms with Gasteiger partial charge in [0.25, 0.3) is 0 Å². The van der Waals surface area contributed by atoms with Crippen LogP contribution < -0.4 is 0 Å². The quantitative estimate of drug-likeness (QED) is 0.667. The van der Waals surface area contributed by atoms with Gasteiger partial charge in [-0.05, 0) is 31.6 Å². The molecule has 1 aliphatic rings. The molecule has 1 fully saturated rings. The van der Waals surface area contributed by atoms with Crippen LogP contribution in [-0.2, 0) is 4.79 Å². The van der Waals surface area contributed by atoms with Gasteiger partial charge in [0, 0.05) is 5.57 Å². The third-order valence-corrected chi connectivity index (χ3v) is 2.95. The molecule has 0 atom stereocenters. The van der Waals surface area contributed by atoms with Crippen molar-refractivity contribution in [2.24, 2.45) is 5.92 Å². The number of aliphatic hydroxyl groups is 1. The maximum atomic E-state index is 10.7. The number of carboxylic acids is 1. The number of aliphatic carboxylic acids is 1. The van der Waals surface area contributed by atoms with Crippen molar-refractivity contribution in [1.29, 1.82) is 0 Å². The molecule has 0 aromatic rings. The first-order valence-corrected chi connectivity index (χ1v) is 5.21. The van der Waals surface area contributed by atoms with Crippen LogP contribution in [0, 0.1) is 5.92 Å². The van der Waals surface area contributed by atoms with Crippen LogP contribution in [0.1, 0.15) is 38.5 Å². The molecule has 1 rings (SSSR count). The van der Waals surface area contributed by atoms with Crippen LogP contribution >= 0.6 is 0 Å². The molecule has 0 bridgehead atoms. The van der Waals surface area contributed by atoms with Gasteiger partial charge < -0.3 is 10.2 Å². The van der Waals surface area contributed by atoms with Crippen LogP contribution in [-0.4, -0.2) is 22.3 Å². The minimum absolute atomic E-state index is 0.111. The van der Waals surface area contributed by atoms with E-state index in [0.717, 1.165) is 38.5 Å². The summed E-state index contributed by atoms with van der Waals surface area (Å²) in [7, 11) is 0. The topological polar surface area (TPSA) is 57.5 Å². The van der Waals surface area contributed by atoms with E-state index in [1.54, 1.807) is 0 Å². The molecule has 0 saturated heterocycles. The maximum absolute atomic E-state index is 10.7. The summed E-state index contributed by atoms with van der Waals surface area (Å²) < 4.78 is 0. The Bertz CT molecular complexity index is 213. The lowest BCUT2D eigenvalue weighted by Gasteiger charge is -2.21. The summed E-state index contributed by atoms with van der Waals surface area (Å²) in [6.07, 6.45) is 4.90. The summed E-state index contributed by atoms with van der Waals surface area (Å²) in [4.78, 5) is 10.7. The zero-order valence-corrected chi connectivity index (χ0v) is 8.41. The average molecular weight is 198 g/mol. The molecule has 0 aliphatic heterocycles. The van der Waals surface area contributed by atoms with Crippen molar-refractivity contribution in [1.82, 2.24) is 0 Å². The second kappa shape index (κ2) is 5.15. The van der Waals surface area contributed by atoms with Crippen LogP contribution in [0.5, 0.6) is 0 Å². The van der Waals surface area contributed by atoms with E-state index in [1.165, 1.54) is 0 Å². The summed E-state index contributed by atoms with van der Waals surface area (Å²) in [5, 5.41) is 18.2. The van der Waals surface area contributed by atoms with Crippen LogP contribution in [0.15, 0.2) is 12.2 Å². The van der Waals surface area contributed by atoms with E-state index in [2.05, 4.69) is 6.58 Å². The SMILES string of the molecule is C=C(C(=O)O)C1CCCC(O)CCC1. The molecule has 3 heteroatoms.